The zero-order chi connectivity index (χ0) is 21.9. The van der Waals surface area contributed by atoms with Crippen LogP contribution in [0.15, 0.2) is 29.2 Å². The highest BCUT2D eigenvalue weighted by Crippen LogP contribution is 2.35. The largest absolute Gasteiger partial charge is 0.444 e. The molecule has 1 fully saturated rings. The molecule has 1 saturated heterocycles. The van der Waals surface area contributed by atoms with E-state index >= 15 is 0 Å². The van der Waals surface area contributed by atoms with Crippen LogP contribution in [0.1, 0.15) is 58.4 Å². The quantitative estimate of drug-likeness (QED) is 0.636. The molecule has 5 nitrogen and oxygen atoms in total. The maximum absolute atomic E-state index is 14.4. The summed E-state index contributed by atoms with van der Waals surface area (Å²) in [7, 11) is -3.40. The number of hydrogen-bond acceptors (Lipinski definition) is 4. The third-order valence-corrected chi connectivity index (χ3v) is 6.20. The minimum Gasteiger partial charge on any atom is -0.444 e. The van der Waals surface area contributed by atoms with Crippen molar-refractivity contribution in [3.63, 3.8) is 0 Å². The standard InChI is InChI=1S/C21H31F2NO4S/c1-20(2,3)28-19(25)24-14-11-16(12-15-24)6-5-13-21(22,23)17-7-9-18(10-8-17)29(4,26)27/h7-10,16H,5-6,11-15H2,1-4H3. The first-order valence-electron chi connectivity index (χ1n) is 9.94. The number of alkyl halides is 2. The van der Waals surface area contributed by atoms with E-state index in [1.54, 1.807) is 4.90 Å². The summed E-state index contributed by atoms with van der Waals surface area (Å²) >= 11 is 0. The average Bonchev–Trinajstić information content (AvgIpc) is 2.60. The Kier molecular flexibility index (Phi) is 7.30. The zero-order valence-electron chi connectivity index (χ0n) is 17.6. The molecule has 0 aromatic heterocycles. The van der Waals surface area contributed by atoms with Crippen LogP contribution in [0, 0.1) is 5.92 Å². The molecule has 29 heavy (non-hydrogen) atoms. The molecule has 8 heteroatoms. The van der Waals surface area contributed by atoms with Gasteiger partial charge in [0.05, 0.1) is 4.90 Å². The van der Waals surface area contributed by atoms with Gasteiger partial charge in [0.25, 0.3) is 5.92 Å². The number of ether oxygens (including phenoxy) is 1. The number of likely N-dealkylation sites (tertiary alicyclic amines) is 1. The smallest absolute Gasteiger partial charge is 0.410 e. The van der Waals surface area contributed by atoms with Crippen LogP contribution in [0.3, 0.4) is 0 Å². The minimum atomic E-state index is -3.40. The predicted octanol–water partition coefficient (Wildman–Crippen LogP) is 5.00. The second-order valence-electron chi connectivity index (χ2n) is 8.80. The van der Waals surface area contributed by atoms with E-state index < -0.39 is 21.4 Å². The monoisotopic (exact) mass is 431 g/mol. The third-order valence-electron chi connectivity index (χ3n) is 5.07. The molecule has 1 amide bonds. The molecule has 0 atom stereocenters. The van der Waals surface area contributed by atoms with Crippen molar-refractivity contribution in [2.75, 3.05) is 19.3 Å². The molecule has 1 heterocycles. The summed E-state index contributed by atoms with van der Waals surface area (Å²) in [6.07, 6.45) is 3.07. The van der Waals surface area contributed by atoms with Gasteiger partial charge in [-0.3, -0.25) is 0 Å². The van der Waals surface area contributed by atoms with E-state index in [4.69, 9.17) is 4.74 Å². The third kappa shape index (κ3) is 7.24. The molecule has 1 aromatic carbocycles. The van der Waals surface area contributed by atoms with Gasteiger partial charge in [-0.15, -0.1) is 0 Å². The molecule has 0 unspecified atom stereocenters. The zero-order valence-corrected chi connectivity index (χ0v) is 18.4. The van der Waals surface area contributed by atoms with Gasteiger partial charge in [0.15, 0.2) is 9.84 Å². The summed E-state index contributed by atoms with van der Waals surface area (Å²) < 4.78 is 57.2. The first kappa shape index (κ1) is 23.6. The molecule has 0 spiro atoms. The fraction of sp³-hybridized carbons (Fsp3) is 0.667. The van der Waals surface area contributed by atoms with Crippen molar-refractivity contribution in [2.24, 2.45) is 5.92 Å². The highest BCUT2D eigenvalue weighted by atomic mass is 32.2. The number of benzene rings is 1. The maximum Gasteiger partial charge on any atom is 0.410 e. The maximum atomic E-state index is 14.4. The Bertz CT molecular complexity index is 793. The van der Waals surface area contributed by atoms with Gasteiger partial charge < -0.3 is 9.64 Å². The summed E-state index contributed by atoms with van der Waals surface area (Å²) in [6.45, 7) is 6.65. The minimum absolute atomic E-state index is 0.0359. The van der Waals surface area contributed by atoms with E-state index in [9.17, 15) is 22.0 Å². The molecule has 1 aliphatic rings. The van der Waals surface area contributed by atoms with Crippen LogP contribution in [0.2, 0.25) is 0 Å². The Morgan fingerprint density at radius 2 is 1.69 bits per heavy atom. The molecule has 0 radical (unpaired) electrons. The fourth-order valence-corrected chi connectivity index (χ4v) is 4.06. The first-order chi connectivity index (χ1) is 13.3. The van der Waals surface area contributed by atoms with Gasteiger partial charge in [-0.25, -0.2) is 22.0 Å². The Balaban J connectivity index is 1.79. The van der Waals surface area contributed by atoms with Gasteiger partial charge in [0.2, 0.25) is 0 Å². The lowest BCUT2D eigenvalue weighted by molar-refractivity contribution is -0.0175. The molecule has 2 rings (SSSR count). The number of rotatable bonds is 6. The predicted molar refractivity (Wildman–Crippen MR) is 108 cm³/mol. The van der Waals surface area contributed by atoms with Crippen LogP contribution in [0.25, 0.3) is 0 Å². The summed E-state index contributed by atoms with van der Waals surface area (Å²) in [5.41, 5.74) is -0.691. The van der Waals surface area contributed by atoms with Crippen molar-refractivity contribution < 1.29 is 26.7 Å². The molecular weight excluding hydrogens is 400 g/mol. The van der Waals surface area contributed by atoms with Crippen LogP contribution in [-0.2, 0) is 20.5 Å². The Morgan fingerprint density at radius 1 is 1.14 bits per heavy atom. The number of hydrogen-bond donors (Lipinski definition) is 0. The molecule has 1 aromatic rings. The number of nitrogens with zero attached hydrogens (tertiary/aromatic N) is 1. The van der Waals surface area contributed by atoms with E-state index in [-0.39, 0.29) is 23.0 Å². The molecule has 0 N–H and O–H groups in total. The van der Waals surface area contributed by atoms with Crippen LogP contribution in [-0.4, -0.2) is 44.4 Å². The molecule has 0 bridgehead atoms. The van der Waals surface area contributed by atoms with E-state index in [2.05, 4.69) is 0 Å². The van der Waals surface area contributed by atoms with Crippen molar-refractivity contribution >= 4 is 15.9 Å². The van der Waals surface area contributed by atoms with Crippen molar-refractivity contribution in [3.05, 3.63) is 29.8 Å². The number of carbonyl (C=O) groups is 1. The molecular formula is C21H31F2NO4S. The van der Waals surface area contributed by atoms with E-state index in [1.807, 2.05) is 20.8 Å². The van der Waals surface area contributed by atoms with Crippen LogP contribution in [0.5, 0.6) is 0 Å². The van der Waals surface area contributed by atoms with Gasteiger partial charge >= 0.3 is 6.09 Å². The van der Waals surface area contributed by atoms with Gasteiger partial charge in [-0.1, -0.05) is 18.6 Å². The number of amides is 1. The van der Waals surface area contributed by atoms with Gasteiger partial charge in [0, 0.05) is 31.3 Å². The van der Waals surface area contributed by atoms with E-state index in [0.29, 0.717) is 31.8 Å². The highest BCUT2D eigenvalue weighted by molar-refractivity contribution is 7.90. The van der Waals surface area contributed by atoms with Crippen molar-refractivity contribution in [3.8, 4) is 0 Å². The summed E-state index contributed by atoms with van der Waals surface area (Å²) in [4.78, 5) is 13.8. The summed E-state index contributed by atoms with van der Waals surface area (Å²) in [5.74, 6) is -2.68. The van der Waals surface area contributed by atoms with E-state index in [0.717, 1.165) is 19.1 Å². The fourth-order valence-electron chi connectivity index (χ4n) is 3.43. The normalized spacial score (nSPS) is 16.7. The Hall–Kier alpha value is -1.70. The Labute approximate surface area is 172 Å². The van der Waals surface area contributed by atoms with Crippen LogP contribution in [0.4, 0.5) is 13.6 Å². The van der Waals surface area contributed by atoms with E-state index in [1.165, 1.54) is 24.3 Å². The number of carbonyl (C=O) groups excluding carboxylic acids is 1. The van der Waals surface area contributed by atoms with Crippen molar-refractivity contribution in [1.29, 1.82) is 0 Å². The molecule has 0 aliphatic carbocycles. The Morgan fingerprint density at radius 3 is 2.17 bits per heavy atom. The molecule has 0 saturated carbocycles. The van der Waals surface area contributed by atoms with Crippen molar-refractivity contribution in [1.82, 2.24) is 4.90 Å². The molecule has 164 valence electrons. The average molecular weight is 432 g/mol. The lowest BCUT2D eigenvalue weighted by Crippen LogP contribution is -2.41. The summed E-state index contributed by atoms with van der Waals surface area (Å²) in [6, 6.07) is 4.83. The summed E-state index contributed by atoms with van der Waals surface area (Å²) in [5, 5.41) is 0. The van der Waals surface area contributed by atoms with Crippen LogP contribution < -0.4 is 0 Å². The first-order valence-corrected chi connectivity index (χ1v) is 11.8. The van der Waals surface area contributed by atoms with Crippen molar-refractivity contribution in [2.45, 2.75) is 69.3 Å². The van der Waals surface area contributed by atoms with Gasteiger partial charge in [-0.05, 0) is 58.1 Å². The van der Waals surface area contributed by atoms with Gasteiger partial charge in [0.1, 0.15) is 5.60 Å². The SMILES string of the molecule is CC(C)(C)OC(=O)N1CCC(CCCC(F)(F)c2ccc(S(C)(=O)=O)cc2)CC1. The highest BCUT2D eigenvalue weighted by Gasteiger charge is 2.32. The van der Waals surface area contributed by atoms with Crippen LogP contribution >= 0.6 is 0 Å². The lowest BCUT2D eigenvalue weighted by Gasteiger charge is -2.33. The number of halogens is 2. The lowest BCUT2D eigenvalue weighted by atomic mass is 9.90. The topological polar surface area (TPSA) is 63.7 Å². The second kappa shape index (κ2) is 8.98. The van der Waals surface area contributed by atoms with Gasteiger partial charge in [-0.2, -0.15) is 0 Å². The number of piperidine rings is 1. The number of sulfone groups is 1. The second-order valence-corrected chi connectivity index (χ2v) is 10.8. The molecule has 1 aliphatic heterocycles.